The van der Waals surface area contributed by atoms with E-state index < -0.39 is 11.9 Å². The molecule has 2 rings (SSSR count). The fourth-order valence-electron chi connectivity index (χ4n) is 1.58. The van der Waals surface area contributed by atoms with Gasteiger partial charge in [-0.15, -0.1) is 0 Å². The second kappa shape index (κ2) is 5.34. The van der Waals surface area contributed by atoms with Crippen LogP contribution in [-0.4, -0.2) is 29.1 Å². The fraction of sp³-hybridized carbons (Fsp3) is 0.154. The molecule has 0 aliphatic heterocycles. The summed E-state index contributed by atoms with van der Waals surface area (Å²) in [5.74, 6) is -1.27. The summed E-state index contributed by atoms with van der Waals surface area (Å²) in [4.78, 5) is 25.8. The lowest BCUT2D eigenvalue weighted by Gasteiger charge is -1.94. The van der Waals surface area contributed by atoms with Gasteiger partial charge >= 0.3 is 11.9 Å². The number of hydrogen-bond acceptors (Lipinski definition) is 5. The largest absolute Gasteiger partial charge is 0.478 e. The number of aromatic nitrogens is 1. The van der Waals surface area contributed by atoms with Crippen LogP contribution in [0.5, 0.6) is 0 Å². The standard InChI is InChI=1S/C13H11NO5/c1-18-12(17)7-10-14-9-4-2-3-8(13(9)19-10)5-6-11(15)16/h2-6H,7H2,1H3,(H,15,16)/b6-5+. The number of nitrogens with zero attached hydrogens (tertiary/aromatic N) is 1. The van der Waals surface area contributed by atoms with Crippen LogP contribution in [0.25, 0.3) is 17.2 Å². The van der Waals surface area contributed by atoms with Crippen LogP contribution in [0.1, 0.15) is 11.5 Å². The monoisotopic (exact) mass is 261 g/mol. The summed E-state index contributed by atoms with van der Waals surface area (Å²) >= 11 is 0. The number of carbonyl (C=O) groups is 2. The number of para-hydroxylation sites is 1. The van der Waals surface area contributed by atoms with E-state index in [1.807, 2.05) is 0 Å². The first-order chi connectivity index (χ1) is 9.10. The van der Waals surface area contributed by atoms with Gasteiger partial charge < -0.3 is 14.3 Å². The third-order valence-corrected chi connectivity index (χ3v) is 2.42. The Balaban J connectivity index is 2.39. The van der Waals surface area contributed by atoms with Crippen LogP contribution in [0, 0.1) is 0 Å². The predicted octanol–water partition coefficient (Wildman–Crippen LogP) is 1.64. The van der Waals surface area contributed by atoms with Gasteiger partial charge in [-0.25, -0.2) is 9.78 Å². The molecule has 0 saturated heterocycles. The molecule has 0 fully saturated rings. The Morgan fingerprint density at radius 1 is 1.47 bits per heavy atom. The fourth-order valence-corrected chi connectivity index (χ4v) is 1.58. The van der Waals surface area contributed by atoms with Crippen LogP contribution < -0.4 is 0 Å². The smallest absolute Gasteiger partial charge is 0.328 e. The summed E-state index contributed by atoms with van der Waals surface area (Å²) in [5, 5.41) is 8.61. The average Bonchev–Trinajstić information content (AvgIpc) is 2.78. The molecular formula is C13H11NO5. The first-order valence-corrected chi connectivity index (χ1v) is 5.46. The van der Waals surface area contributed by atoms with Crippen molar-refractivity contribution in [2.24, 2.45) is 0 Å². The van der Waals surface area contributed by atoms with E-state index in [1.54, 1.807) is 18.2 Å². The predicted molar refractivity (Wildman–Crippen MR) is 66.4 cm³/mol. The first-order valence-electron chi connectivity index (χ1n) is 5.46. The molecule has 0 bridgehead atoms. The van der Waals surface area contributed by atoms with E-state index >= 15 is 0 Å². The molecule has 2 aromatic rings. The SMILES string of the molecule is COC(=O)Cc1nc2cccc(/C=C/C(=O)O)c2o1. The number of oxazole rings is 1. The van der Waals surface area contributed by atoms with Crippen LogP contribution in [0.4, 0.5) is 0 Å². The number of ether oxygens (including phenoxy) is 1. The van der Waals surface area contributed by atoms with E-state index in [0.717, 1.165) is 6.08 Å². The lowest BCUT2D eigenvalue weighted by molar-refractivity contribution is -0.140. The quantitative estimate of drug-likeness (QED) is 0.664. The van der Waals surface area contributed by atoms with Gasteiger partial charge in [-0.1, -0.05) is 12.1 Å². The number of carboxylic acids is 1. The minimum absolute atomic E-state index is 0.0622. The van der Waals surface area contributed by atoms with Gasteiger partial charge in [0.1, 0.15) is 11.9 Å². The highest BCUT2D eigenvalue weighted by molar-refractivity contribution is 5.90. The molecule has 1 heterocycles. The number of fused-ring (bicyclic) bond motifs is 1. The van der Waals surface area contributed by atoms with Crippen molar-refractivity contribution in [2.75, 3.05) is 7.11 Å². The maximum absolute atomic E-state index is 11.1. The Kier molecular flexibility index (Phi) is 3.61. The number of carboxylic acid groups (broad SMARTS) is 1. The van der Waals surface area contributed by atoms with Crippen LogP contribution in [0.15, 0.2) is 28.7 Å². The van der Waals surface area contributed by atoms with Crippen molar-refractivity contribution in [3.05, 3.63) is 35.7 Å². The van der Waals surface area contributed by atoms with E-state index in [0.29, 0.717) is 16.7 Å². The summed E-state index contributed by atoms with van der Waals surface area (Å²) in [7, 11) is 1.28. The molecule has 0 aliphatic carbocycles. The molecule has 0 amide bonds. The third-order valence-electron chi connectivity index (χ3n) is 2.42. The Morgan fingerprint density at radius 2 is 2.26 bits per heavy atom. The van der Waals surface area contributed by atoms with Gasteiger partial charge in [-0.05, 0) is 12.1 Å². The summed E-state index contributed by atoms with van der Waals surface area (Å²) in [6.45, 7) is 0. The van der Waals surface area contributed by atoms with Crippen molar-refractivity contribution < 1.29 is 23.8 Å². The summed E-state index contributed by atoms with van der Waals surface area (Å²) in [6.07, 6.45) is 2.36. The highest BCUT2D eigenvalue weighted by Gasteiger charge is 2.12. The molecule has 0 saturated carbocycles. The van der Waals surface area contributed by atoms with Gasteiger partial charge in [-0.3, -0.25) is 4.79 Å². The zero-order valence-corrected chi connectivity index (χ0v) is 10.1. The molecule has 98 valence electrons. The van der Waals surface area contributed by atoms with Gasteiger partial charge in [0.15, 0.2) is 5.58 Å². The third kappa shape index (κ3) is 2.98. The van der Waals surface area contributed by atoms with Crippen molar-refractivity contribution in [3.63, 3.8) is 0 Å². The Hall–Kier alpha value is -2.63. The zero-order valence-electron chi connectivity index (χ0n) is 10.1. The average molecular weight is 261 g/mol. The van der Waals surface area contributed by atoms with Gasteiger partial charge in [0.05, 0.1) is 7.11 Å². The zero-order chi connectivity index (χ0) is 13.8. The van der Waals surface area contributed by atoms with Crippen LogP contribution in [0.3, 0.4) is 0 Å². The topological polar surface area (TPSA) is 89.6 Å². The van der Waals surface area contributed by atoms with Crippen LogP contribution in [0.2, 0.25) is 0 Å². The first kappa shape index (κ1) is 12.8. The van der Waals surface area contributed by atoms with Crippen LogP contribution in [-0.2, 0) is 20.7 Å². The molecule has 6 heteroatoms. The molecule has 0 spiro atoms. The van der Waals surface area contributed by atoms with E-state index in [9.17, 15) is 9.59 Å². The molecule has 0 atom stereocenters. The molecule has 1 aromatic heterocycles. The number of rotatable bonds is 4. The van der Waals surface area contributed by atoms with E-state index in [4.69, 9.17) is 9.52 Å². The molecule has 1 N–H and O–H groups in total. The maximum atomic E-state index is 11.1. The molecular weight excluding hydrogens is 250 g/mol. The van der Waals surface area contributed by atoms with Gasteiger partial charge in [0.2, 0.25) is 5.89 Å². The van der Waals surface area contributed by atoms with Crippen molar-refractivity contribution in [1.82, 2.24) is 4.98 Å². The highest BCUT2D eigenvalue weighted by Crippen LogP contribution is 2.21. The summed E-state index contributed by atoms with van der Waals surface area (Å²) in [5.41, 5.74) is 1.59. The number of carbonyl (C=O) groups excluding carboxylic acids is 1. The second-order valence-corrected chi connectivity index (χ2v) is 3.73. The molecule has 0 aliphatic rings. The van der Waals surface area contributed by atoms with Crippen molar-refractivity contribution in [3.8, 4) is 0 Å². The number of aliphatic carboxylic acids is 1. The number of hydrogen-bond donors (Lipinski definition) is 1. The Bertz CT molecular complexity index is 656. The van der Waals surface area contributed by atoms with E-state index in [1.165, 1.54) is 13.2 Å². The number of methoxy groups -OCH3 is 1. The van der Waals surface area contributed by atoms with E-state index in [2.05, 4.69) is 9.72 Å². The lowest BCUT2D eigenvalue weighted by atomic mass is 10.2. The normalized spacial score (nSPS) is 11.0. The molecule has 1 aromatic carbocycles. The lowest BCUT2D eigenvalue weighted by Crippen LogP contribution is -2.04. The van der Waals surface area contributed by atoms with Crippen molar-refractivity contribution in [2.45, 2.75) is 6.42 Å². The number of esters is 1. The minimum atomic E-state index is -1.05. The molecule has 6 nitrogen and oxygen atoms in total. The Labute approximate surface area is 108 Å². The second-order valence-electron chi connectivity index (χ2n) is 3.73. The highest BCUT2D eigenvalue weighted by atomic mass is 16.5. The Morgan fingerprint density at radius 3 is 2.95 bits per heavy atom. The van der Waals surface area contributed by atoms with Crippen molar-refractivity contribution >= 4 is 29.1 Å². The van der Waals surface area contributed by atoms with Crippen molar-refractivity contribution in [1.29, 1.82) is 0 Å². The summed E-state index contributed by atoms with van der Waals surface area (Å²) < 4.78 is 9.98. The number of benzene rings is 1. The van der Waals surface area contributed by atoms with Gasteiger partial charge in [-0.2, -0.15) is 0 Å². The molecule has 0 radical (unpaired) electrons. The molecule has 0 unspecified atom stereocenters. The van der Waals surface area contributed by atoms with E-state index in [-0.39, 0.29) is 12.3 Å². The molecule has 19 heavy (non-hydrogen) atoms. The summed E-state index contributed by atoms with van der Waals surface area (Å²) in [6, 6.07) is 5.15. The van der Waals surface area contributed by atoms with Crippen LogP contribution >= 0.6 is 0 Å². The van der Waals surface area contributed by atoms with Gasteiger partial charge in [0.25, 0.3) is 0 Å². The maximum Gasteiger partial charge on any atom is 0.328 e. The van der Waals surface area contributed by atoms with Gasteiger partial charge in [0, 0.05) is 11.6 Å². The minimum Gasteiger partial charge on any atom is -0.478 e.